The molecular formula is C16H11F2N7. The van der Waals surface area contributed by atoms with Crippen LogP contribution in [-0.4, -0.2) is 24.7 Å². The maximum Gasteiger partial charge on any atom is 0.151 e. The molecule has 7 nitrogen and oxygen atoms in total. The van der Waals surface area contributed by atoms with E-state index in [1.165, 1.54) is 35.4 Å². The number of aromatic nitrogens is 5. The molecule has 0 bridgehead atoms. The van der Waals surface area contributed by atoms with E-state index in [-0.39, 0.29) is 5.69 Å². The summed E-state index contributed by atoms with van der Waals surface area (Å²) in [6.07, 6.45) is 4.35. The number of pyridine rings is 1. The molecule has 3 aromatic heterocycles. The van der Waals surface area contributed by atoms with Gasteiger partial charge in [0.1, 0.15) is 29.5 Å². The summed E-state index contributed by atoms with van der Waals surface area (Å²) < 4.78 is 29.3. The van der Waals surface area contributed by atoms with Gasteiger partial charge in [0, 0.05) is 23.7 Å². The number of hydrogen-bond acceptors (Lipinski definition) is 6. The summed E-state index contributed by atoms with van der Waals surface area (Å²) in [4.78, 5) is 12.1. The lowest BCUT2D eigenvalue weighted by Gasteiger charge is -2.08. The van der Waals surface area contributed by atoms with E-state index in [9.17, 15) is 8.78 Å². The molecule has 0 amide bonds. The van der Waals surface area contributed by atoms with Crippen LogP contribution < -0.4 is 11.1 Å². The summed E-state index contributed by atoms with van der Waals surface area (Å²) in [5.74, 6) is -0.247. The predicted molar refractivity (Wildman–Crippen MR) is 88.5 cm³/mol. The van der Waals surface area contributed by atoms with E-state index in [4.69, 9.17) is 5.73 Å². The van der Waals surface area contributed by atoms with Crippen molar-refractivity contribution in [3.8, 4) is 5.69 Å². The van der Waals surface area contributed by atoms with Crippen molar-refractivity contribution >= 4 is 28.4 Å². The van der Waals surface area contributed by atoms with E-state index in [0.717, 1.165) is 0 Å². The minimum Gasteiger partial charge on any atom is -0.384 e. The first kappa shape index (κ1) is 14.9. The van der Waals surface area contributed by atoms with Gasteiger partial charge in [-0.15, -0.1) is 0 Å². The van der Waals surface area contributed by atoms with Crippen molar-refractivity contribution < 1.29 is 8.78 Å². The molecule has 0 radical (unpaired) electrons. The smallest absolute Gasteiger partial charge is 0.151 e. The highest BCUT2D eigenvalue weighted by molar-refractivity contribution is 5.82. The van der Waals surface area contributed by atoms with Gasteiger partial charge in [0.25, 0.3) is 0 Å². The van der Waals surface area contributed by atoms with Crippen molar-refractivity contribution in [2.45, 2.75) is 0 Å². The molecule has 0 saturated carbocycles. The van der Waals surface area contributed by atoms with Gasteiger partial charge in [0.05, 0.1) is 11.7 Å². The average Bonchev–Trinajstić information content (AvgIpc) is 2.98. The van der Waals surface area contributed by atoms with Crippen LogP contribution in [0.5, 0.6) is 0 Å². The first-order valence-corrected chi connectivity index (χ1v) is 7.24. The van der Waals surface area contributed by atoms with Gasteiger partial charge in [-0.25, -0.2) is 28.4 Å². The third-order valence-electron chi connectivity index (χ3n) is 3.55. The molecule has 124 valence electrons. The highest BCUT2D eigenvalue weighted by Gasteiger charge is 2.15. The van der Waals surface area contributed by atoms with Crippen LogP contribution in [0.1, 0.15) is 0 Å². The lowest BCUT2D eigenvalue weighted by molar-refractivity contribution is 0.563. The number of nitrogens with one attached hydrogen (secondary N) is 1. The highest BCUT2D eigenvalue weighted by atomic mass is 19.1. The van der Waals surface area contributed by atoms with Crippen LogP contribution in [0.4, 0.5) is 26.2 Å². The highest BCUT2D eigenvalue weighted by Crippen LogP contribution is 2.24. The topological polar surface area (TPSA) is 94.5 Å². The van der Waals surface area contributed by atoms with Gasteiger partial charge in [-0.3, -0.25) is 0 Å². The first-order chi connectivity index (χ1) is 12.1. The third-order valence-corrected chi connectivity index (χ3v) is 3.55. The molecule has 4 aromatic rings. The van der Waals surface area contributed by atoms with Gasteiger partial charge < -0.3 is 11.1 Å². The number of nitrogens with two attached hydrogens (primary N) is 1. The van der Waals surface area contributed by atoms with Crippen molar-refractivity contribution in [2.75, 3.05) is 11.1 Å². The number of hydrogen-bond donors (Lipinski definition) is 2. The molecule has 0 fully saturated rings. The second kappa shape index (κ2) is 5.78. The molecule has 0 unspecified atom stereocenters. The number of anilines is 3. The Morgan fingerprint density at radius 3 is 2.48 bits per heavy atom. The van der Waals surface area contributed by atoms with E-state index >= 15 is 0 Å². The summed E-state index contributed by atoms with van der Waals surface area (Å²) >= 11 is 0. The number of para-hydroxylation sites is 1. The number of benzene rings is 1. The summed E-state index contributed by atoms with van der Waals surface area (Å²) in [5.41, 5.74) is 5.85. The van der Waals surface area contributed by atoms with E-state index in [1.54, 1.807) is 18.3 Å². The van der Waals surface area contributed by atoms with Gasteiger partial charge in [0.15, 0.2) is 11.6 Å². The van der Waals surface area contributed by atoms with Crippen LogP contribution in [0, 0.1) is 11.6 Å². The SMILES string of the molecule is Nc1cc(Nc2cc3c(cn2)cnn3-c2c(F)cccc2F)ncn1. The normalized spacial score (nSPS) is 11.0. The van der Waals surface area contributed by atoms with E-state index < -0.39 is 11.6 Å². The van der Waals surface area contributed by atoms with Crippen LogP contribution in [-0.2, 0) is 0 Å². The van der Waals surface area contributed by atoms with Crippen LogP contribution in [0.2, 0.25) is 0 Å². The summed E-state index contributed by atoms with van der Waals surface area (Å²) in [5, 5.41) is 7.67. The lowest BCUT2D eigenvalue weighted by Crippen LogP contribution is -2.03. The summed E-state index contributed by atoms with van der Waals surface area (Å²) in [7, 11) is 0. The van der Waals surface area contributed by atoms with Gasteiger partial charge in [0.2, 0.25) is 0 Å². The monoisotopic (exact) mass is 339 g/mol. The van der Waals surface area contributed by atoms with Crippen molar-refractivity contribution in [3.05, 3.63) is 60.7 Å². The number of nitrogens with zero attached hydrogens (tertiary/aromatic N) is 5. The zero-order chi connectivity index (χ0) is 17.4. The molecular weight excluding hydrogens is 328 g/mol. The fraction of sp³-hybridized carbons (Fsp3) is 0. The minimum absolute atomic E-state index is 0.249. The van der Waals surface area contributed by atoms with Crippen molar-refractivity contribution in [1.82, 2.24) is 24.7 Å². The van der Waals surface area contributed by atoms with Crippen LogP contribution >= 0.6 is 0 Å². The average molecular weight is 339 g/mol. The van der Waals surface area contributed by atoms with Crippen LogP contribution in [0.3, 0.4) is 0 Å². The Morgan fingerprint density at radius 1 is 0.960 bits per heavy atom. The summed E-state index contributed by atoms with van der Waals surface area (Å²) in [6, 6.07) is 6.81. The molecule has 25 heavy (non-hydrogen) atoms. The molecule has 0 aliphatic carbocycles. The molecule has 3 heterocycles. The largest absolute Gasteiger partial charge is 0.384 e. The maximum absolute atomic E-state index is 14.1. The van der Waals surface area contributed by atoms with Crippen LogP contribution in [0.25, 0.3) is 16.6 Å². The zero-order valence-corrected chi connectivity index (χ0v) is 12.7. The molecule has 3 N–H and O–H groups in total. The fourth-order valence-electron chi connectivity index (χ4n) is 2.43. The van der Waals surface area contributed by atoms with E-state index in [0.29, 0.717) is 28.4 Å². The Kier molecular flexibility index (Phi) is 3.46. The van der Waals surface area contributed by atoms with Crippen molar-refractivity contribution in [2.24, 2.45) is 0 Å². The Hall–Kier alpha value is -3.62. The van der Waals surface area contributed by atoms with Gasteiger partial charge in [-0.1, -0.05) is 6.07 Å². The quantitative estimate of drug-likeness (QED) is 0.596. The van der Waals surface area contributed by atoms with Crippen LogP contribution in [0.15, 0.2) is 49.1 Å². The minimum atomic E-state index is -0.708. The number of rotatable bonds is 3. The second-order valence-corrected chi connectivity index (χ2v) is 5.21. The molecule has 4 rings (SSSR count). The Bertz CT molecular complexity index is 1060. The molecule has 0 spiro atoms. The lowest BCUT2D eigenvalue weighted by atomic mass is 10.2. The molecule has 0 saturated heterocycles. The Labute approximate surface area is 140 Å². The predicted octanol–water partition coefficient (Wildman–Crippen LogP) is 2.81. The molecule has 0 atom stereocenters. The number of halogens is 2. The number of fused-ring (bicyclic) bond motifs is 1. The first-order valence-electron chi connectivity index (χ1n) is 7.24. The fourth-order valence-corrected chi connectivity index (χ4v) is 2.43. The van der Waals surface area contributed by atoms with Crippen molar-refractivity contribution in [1.29, 1.82) is 0 Å². The van der Waals surface area contributed by atoms with Gasteiger partial charge in [-0.2, -0.15) is 5.10 Å². The zero-order valence-electron chi connectivity index (χ0n) is 12.7. The second-order valence-electron chi connectivity index (χ2n) is 5.21. The third kappa shape index (κ3) is 2.71. The van der Waals surface area contributed by atoms with E-state index in [2.05, 4.69) is 25.4 Å². The molecule has 1 aromatic carbocycles. The molecule has 0 aliphatic heterocycles. The Balaban J connectivity index is 1.80. The van der Waals surface area contributed by atoms with Gasteiger partial charge >= 0.3 is 0 Å². The Morgan fingerprint density at radius 2 is 1.72 bits per heavy atom. The maximum atomic E-state index is 14.1. The number of nitrogen functional groups attached to an aromatic ring is 1. The van der Waals surface area contributed by atoms with Crippen molar-refractivity contribution in [3.63, 3.8) is 0 Å². The molecule has 0 aliphatic rings. The van der Waals surface area contributed by atoms with Gasteiger partial charge in [-0.05, 0) is 12.1 Å². The standard InChI is InChI=1S/C16H11F2N7/c17-10-2-1-3-11(18)16(10)25-12-4-14(20-6-9(12)7-23-25)24-15-5-13(19)21-8-22-15/h1-8H,(H3,19,20,21,22,24). The molecule has 9 heteroatoms. The van der Waals surface area contributed by atoms with E-state index in [1.807, 2.05) is 0 Å². The summed E-state index contributed by atoms with van der Waals surface area (Å²) in [6.45, 7) is 0.